The number of rotatable bonds is 1. The summed E-state index contributed by atoms with van der Waals surface area (Å²) in [6, 6.07) is 0. The summed E-state index contributed by atoms with van der Waals surface area (Å²) in [6.07, 6.45) is 4.80. The van der Waals surface area contributed by atoms with Crippen molar-refractivity contribution in [2.75, 3.05) is 18.0 Å². The van der Waals surface area contributed by atoms with E-state index in [4.69, 9.17) is 0 Å². The Balaban J connectivity index is 2.22. The smallest absolute Gasteiger partial charge is 0.152 e. The minimum atomic E-state index is 0.279. The molecule has 14 heavy (non-hydrogen) atoms. The van der Waals surface area contributed by atoms with Gasteiger partial charge in [0, 0.05) is 19.2 Å². The molecule has 2 heterocycles. The number of carbonyl (C=O) groups excluding carboxylic acids is 1. The number of nitrogens with zero attached hydrogens (tertiary/aromatic N) is 3. The number of hydrogen-bond acceptors (Lipinski definition) is 4. The molecule has 1 aliphatic heterocycles. The Bertz CT molecular complexity index is 356. The molecule has 1 fully saturated rings. The number of aromatic nitrogens is 2. The third kappa shape index (κ3) is 1.92. The van der Waals surface area contributed by atoms with Gasteiger partial charge in [-0.15, -0.1) is 0 Å². The number of halogens is 1. The van der Waals surface area contributed by atoms with Crippen LogP contribution in [0.3, 0.4) is 0 Å². The third-order valence-corrected chi connectivity index (χ3v) is 2.76. The number of anilines is 1. The van der Waals surface area contributed by atoms with Crippen LogP contribution < -0.4 is 4.90 Å². The zero-order valence-corrected chi connectivity index (χ0v) is 9.20. The predicted molar refractivity (Wildman–Crippen MR) is 56.2 cm³/mol. The Labute approximate surface area is 90.5 Å². The lowest BCUT2D eigenvalue weighted by Crippen LogP contribution is -2.36. The standard InChI is InChI=1S/C9H10BrN3O/c10-8-4-11-6-12-9(8)13-3-1-2-7(14)5-13/h4,6H,1-3,5H2. The summed E-state index contributed by atoms with van der Waals surface area (Å²) in [6.45, 7) is 1.36. The van der Waals surface area contributed by atoms with Crippen molar-refractivity contribution in [3.63, 3.8) is 0 Å². The normalized spacial score (nSPS) is 17.2. The molecule has 1 aromatic rings. The number of Topliss-reactive ketones (excluding diaryl/α,β-unsaturated/α-hetero) is 1. The van der Waals surface area contributed by atoms with Gasteiger partial charge in [-0.05, 0) is 22.4 Å². The van der Waals surface area contributed by atoms with Gasteiger partial charge in [-0.1, -0.05) is 0 Å². The second-order valence-electron chi connectivity index (χ2n) is 3.26. The summed E-state index contributed by atoms with van der Waals surface area (Å²) < 4.78 is 0.842. The van der Waals surface area contributed by atoms with E-state index in [9.17, 15) is 4.79 Å². The molecule has 0 N–H and O–H groups in total. The largest absolute Gasteiger partial charge is 0.348 e. The lowest BCUT2D eigenvalue weighted by Gasteiger charge is -2.27. The van der Waals surface area contributed by atoms with Gasteiger partial charge in [0.25, 0.3) is 0 Å². The molecule has 74 valence electrons. The van der Waals surface area contributed by atoms with E-state index in [1.807, 2.05) is 4.90 Å². The van der Waals surface area contributed by atoms with Crippen LogP contribution in [0.1, 0.15) is 12.8 Å². The van der Waals surface area contributed by atoms with Crippen molar-refractivity contribution in [1.82, 2.24) is 9.97 Å². The van der Waals surface area contributed by atoms with Crippen LogP contribution in [-0.4, -0.2) is 28.8 Å². The molecule has 0 aliphatic carbocycles. The quantitative estimate of drug-likeness (QED) is 0.762. The second-order valence-corrected chi connectivity index (χ2v) is 4.11. The van der Waals surface area contributed by atoms with E-state index in [0.717, 1.165) is 23.3 Å². The summed E-state index contributed by atoms with van der Waals surface area (Å²) in [5.74, 6) is 1.09. The predicted octanol–water partition coefficient (Wildman–Crippen LogP) is 1.41. The Morgan fingerprint density at radius 2 is 2.36 bits per heavy atom. The molecule has 0 spiro atoms. The van der Waals surface area contributed by atoms with Crippen LogP contribution in [0, 0.1) is 0 Å². The average Bonchev–Trinajstić information content (AvgIpc) is 2.18. The van der Waals surface area contributed by atoms with E-state index >= 15 is 0 Å². The maximum Gasteiger partial charge on any atom is 0.152 e. The van der Waals surface area contributed by atoms with Gasteiger partial charge in [0.2, 0.25) is 0 Å². The van der Waals surface area contributed by atoms with Crippen molar-refractivity contribution < 1.29 is 4.79 Å². The summed E-state index contributed by atoms with van der Waals surface area (Å²) in [5, 5.41) is 0. The van der Waals surface area contributed by atoms with E-state index < -0.39 is 0 Å². The zero-order valence-electron chi connectivity index (χ0n) is 7.61. The van der Waals surface area contributed by atoms with Crippen LogP contribution in [0.4, 0.5) is 5.82 Å². The molecule has 0 saturated carbocycles. The molecule has 5 heteroatoms. The van der Waals surface area contributed by atoms with Gasteiger partial charge in [0.05, 0.1) is 11.0 Å². The monoisotopic (exact) mass is 255 g/mol. The molecule has 1 aliphatic rings. The highest BCUT2D eigenvalue weighted by atomic mass is 79.9. The van der Waals surface area contributed by atoms with Gasteiger partial charge in [-0.25, -0.2) is 9.97 Å². The first-order valence-electron chi connectivity index (χ1n) is 4.49. The topological polar surface area (TPSA) is 46.1 Å². The van der Waals surface area contributed by atoms with Gasteiger partial charge in [0.15, 0.2) is 5.78 Å². The van der Waals surface area contributed by atoms with Crippen molar-refractivity contribution in [3.05, 3.63) is 17.0 Å². The Morgan fingerprint density at radius 1 is 1.50 bits per heavy atom. The Morgan fingerprint density at radius 3 is 3.07 bits per heavy atom. The van der Waals surface area contributed by atoms with E-state index in [2.05, 4.69) is 25.9 Å². The van der Waals surface area contributed by atoms with Crippen LogP contribution in [0.2, 0.25) is 0 Å². The van der Waals surface area contributed by atoms with Crippen LogP contribution in [0.15, 0.2) is 17.0 Å². The fraction of sp³-hybridized carbons (Fsp3) is 0.444. The minimum Gasteiger partial charge on any atom is -0.348 e. The summed E-state index contributed by atoms with van der Waals surface area (Å²) >= 11 is 3.37. The average molecular weight is 256 g/mol. The summed E-state index contributed by atoms with van der Waals surface area (Å²) in [5.41, 5.74) is 0. The number of carbonyl (C=O) groups is 1. The highest BCUT2D eigenvalue weighted by Gasteiger charge is 2.19. The number of hydrogen-bond donors (Lipinski definition) is 0. The molecule has 0 radical (unpaired) electrons. The van der Waals surface area contributed by atoms with Crippen LogP contribution in [0.25, 0.3) is 0 Å². The van der Waals surface area contributed by atoms with Crippen LogP contribution >= 0.6 is 15.9 Å². The maximum atomic E-state index is 11.3. The van der Waals surface area contributed by atoms with Crippen molar-refractivity contribution in [2.24, 2.45) is 0 Å². The van der Waals surface area contributed by atoms with Crippen molar-refractivity contribution in [2.45, 2.75) is 12.8 Å². The Kier molecular flexibility index (Phi) is 2.77. The van der Waals surface area contributed by atoms with E-state index in [1.165, 1.54) is 6.33 Å². The fourth-order valence-corrected chi connectivity index (χ4v) is 2.03. The van der Waals surface area contributed by atoms with Crippen molar-refractivity contribution >= 4 is 27.5 Å². The van der Waals surface area contributed by atoms with E-state index in [-0.39, 0.29) is 5.78 Å². The first-order chi connectivity index (χ1) is 6.77. The van der Waals surface area contributed by atoms with E-state index in [1.54, 1.807) is 6.20 Å². The SMILES string of the molecule is O=C1CCCN(c2ncncc2Br)C1. The molecule has 0 atom stereocenters. The zero-order chi connectivity index (χ0) is 9.97. The third-order valence-electron chi connectivity index (χ3n) is 2.20. The van der Waals surface area contributed by atoms with Crippen molar-refractivity contribution in [1.29, 1.82) is 0 Å². The molecular weight excluding hydrogens is 246 g/mol. The van der Waals surface area contributed by atoms with Gasteiger partial charge in [-0.3, -0.25) is 4.79 Å². The first-order valence-corrected chi connectivity index (χ1v) is 5.29. The number of ketones is 1. The van der Waals surface area contributed by atoms with Gasteiger partial charge in [0.1, 0.15) is 12.1 Å². The molecule has 2 rings (SSSR count). The highest BCUT2D eigenvalue weighted by Crippen LogP contribution is 2.23. The van der Waals surface area contributed by atoms with Crippen LogP contribution in [0.5, 0.6) is 0 Å². The van der Waals surface area contributed by atoms with E-state index in [0.29, 0.717) is 13.0 Å². The number of piperidine rings is 1. The lowest BCUT2D eigenvalue weighted by molar-refractivity contribution is -0.118. The molecule has 1 aromatic heterocycles. The van der Waals surface area contributed by atoms with Gasteiger partial charge in [-0.2, -0.15) is 0 Å². The van der Waals surface area contributed by atoms with Crippen molar-refractivity contribution in [3.8, 4) is 0 Å². The molecule has 0 bridgehead atoms. The highest BCUT2D eigenvalue weighted by molar-refractivity contribution is 9.10. The Hall–Kier alpha value is -0.970. The van der Waals surface area contributed by atoms with Gasteiger partial charge >= 0.3 is 0 Å². The first kappa shape index (κ1) is 9.58. The molecular formula is C9H10BrN3O. The molecule has 0 amide bonds. The molecule has 0 unspecified atom stereocenters. The molecule has 4 nitrogen and oxygen atoms in total. The fourth-order valence-electron chi connectivity index (χ4n) is 1.56. The van der Waals surface area contributed by atoms with Gasteiger partial charge < -0.3 is 4.90 Å². The molecule has 0 aromatic carbocycles. The molecule has 1 saturated heterocycles. The van der Waals surface area contributed by atoms with Crippen LogP contribution in [-0.2, 0) is 4.79 Å². The second kappa shape index (κ2) is 4.04. The minimum absolute atomic E-state index is 0.279. The summed E-state index contributed by atoms with van der Waals surface area (Å²) in [4.78, 5) is 21.3. The maximum absolute atomic E-state index is 11.3. The summed E-state index contributed by atoms with van der Waals surface area (Å²) in [7, 11) is 0. The lowest BCUT2D eigenvalue weighted by atomic mass is 10.1.